The lowest BCUT2D eigenvalue weighted by Crippen LogP contribution is -2.63. The van der Waals surface area contributed by atoms with Crippen molar-refractivity contribution in [3.8, 4) is 0 Å². The molecular weight excluding hydrogens is 610 g/mol. The van der Waals surface area contributed by atoms with Gasteiger partial charge in [0.2, 0.25) is 5.91 Å². The number of ether oxygens (including phenoxy) is 2. The van der Waals surface area contributed by atoms with E-state index in [9.17, 15) is 49.3 Å². The number of aliphatic hydroxyl groups excluding tert-OH is 1. The van der Waals surface area contributed by atoms with E-state index < -0.39 is 63.7 Å². The first kappa shape index (κ1) is 33.3. The third-order valence-electron chi connectivity index (χ3n) is 7.71. The molecule has 0 unspecified atom stereocenters. The Morgan fingerprint density at radius 3 is 1.91 bits per heavy atom. The largest absolute Gasteiger partial charge is 0.415 e. The molecule has 46 heavy (non-hydrogen) atoms. The van der Waals surface area contributed by atoms with Crippen molar-refractivity contribution in [1.29, 1.82) is 0 Å². The van der Waals surface area contributed by atoms with E-state index in [1.54, 1.807) is 18.9 Å². The Kier molecular flexibility index (Phi) is 9.87. The summed E-state index contributed by atoms with van der Waals surface area (Å²) in [5.74, 6) is -4.92. The van der Waals surface area contributed by atoms with Crippen molar-refractivity contribution in [2.45, 2.75) is 26.0 Å². The first-order valence-electron chi connectivity index (χ1n) is 13.9. The number of nitro benzene ring substituents is 2. The number of carbonyl (C=O) groups is 5. The highest BCUT2D eigenvalue weighted by atomic mass is 16.6. The molecule has 17 heteroatoms. The molecule has 2 aromatic rings. The van der Waals surface area contributed by atoms with Crippen molar-refractivity contribution < 1.29 is 48.4 Å². The molecule has 2 N–H and O–H groups in total. The number of rotatable bonds is 11. The molecule has 2 aromatic carbocycles. The van der Waals surface area contributed by atoms with Crippen molar-refractivity contribution in [2.24, 2.45) is 11.8 Å². The summed E-state index contributed by atoms with van der Waals surface area (Å²) in [6.07, 6.45) is -2.06. The lowest BCUT2D eigenvalue weighted by Gasteiger charge is -2.46. The van der Waals surface area contributed by atoms with Crippen molar-refractivity contribution >= 4 is 41.3 Å². The van der Waals surface area contributed by atoms with Crippen LogP contribution in [0, 0.1) is 32.1 Å². The minimum atomic E-state index is -1.11. The van der Waals surface area contributed by atoms with Crippen molar-refractivity contribution in [3.05, 3.63) is 91.2 Å². The van der Waals surface area contributed by atoms with Gasteiger partial charge in [-0.1, -0.05) is 6.92 Å². The maximum Gasteiger partial charge on any atom is 0.415 e. The number of fused-ring (bicyclic) bond motifs is 1. The molecule has 2 heterocycles. The third kappa shape index (κ3) is 6.89. The maximum atomic E-state index is 13.3. The second-order valence-electron chi connectivity index (χ2n) is 10.8. The normalized spacial score (nSPS) is 19.2. The Morgan fingerprint density at radius 1 is 0.935 bits per heavy atom. The van der Waals surface area contributed by atoms with E-state index >= 15 is 0 Å². The van der Waals surface area contributed by atoms with Gasteiger partial charge in [0.25, 0.3) is 11.4 Å². The van der Waals surface area contributed by atoms with Crippen LogP contribution in [0.15, 0.2) is 59.8 Å². The summed E-state index contributed by atoms with van der Waals surface area (Å²) < 4.78 is 9.77. The second-order valence-corrected chi connectivity index (χ2v) is 10.8. The molecule has 2 aliphatic rings. The molecule has 2 amide bonds. The summed E-state index contributed by atoms with van der Waals surface area (Å²) in [5, 5.41) is 34.3. The number of amides is 2. The highest BCUT2D eigenvalue weighted by molar-refractivity contribution is 6.06. The highest BCUT2D eigenvalue weighted by Crippen LogP contribution is 2.47. The van der Waals surface area contributed by atoms with E-state index in [0.29, 0.717) is 5.57 Å². The fourth-order valence-corrected chi connectivity index (χ4v) is 5.37. The van der Waals surface area contributed by atoms with Gasteiger partial charge in [-0.05, 0) is 43.8 Å². The van der Waals surface area contributed by atoms with E-state index in [0.717, 1.165) is 48.5 Å². The average molecular weight is 640 g/mol. The molecule has 0 aliphatic carbocycles. The molecule has 0 saturated carbocycles. The number of nitrogens with one attached hydrogen (secondary N) is 1. The van der Waals surface area contributed by atoms with Crippen LogP contribution >= 0.6 is 0 Å². The Bertz CT molecular complexity index is 1620. The van der Waals surface area contributed by atoms with Gasteiger partial charge < -0.3 is 29.7 Å². The molecule has 1 saturated heterocycles. The number of β-lactam (4-membered cyclic amide) rings is 1. The van der Waals surface area contributed by atoms with Crippen LogP contribution in [-0.4, -0.2) is 93.5 Å². The zero-order chi connectivity index (χ0) is 33.9. The first-order chi connectivity index (χ1) is 21.7. The van der Waals surface area contributed by atoms with Gasteiger partial charge in [-0.25, -0.2) is 19.2 Å². The Labute approximate surface area is 260 Å². The maximum absolute atomic E-state index is 13.3. The molecular formula is C29H29N5O12. The molecule has 1 fully saturated rings. The van der Waals surface area contributed by atoms with E-state index in [-0.39, 0.29) is 47.8 Å². The summed E-state index contributed by atoms with van der Waals surface area (Å²) >= 11 is 0. The number of esters is 3. The molecule has 2 aliphatic heterocycles. The second kappa shape index (κ2) is 13.6. The van der Waals surface area contributed by atoms with Crippen LogP contribution in [0.4, 0.5) is 16.2 Å². The van der Waals surface area contributed by atoms with Crippen LogP contribution in [0.1, 0.15) is 34.6 Å². The minimum Gasteiger partial charge on any atom is -0.393 e. The molecule has 0 bridgehead atoms. The van der Waals surface area contributed by atoms with E-state index in [1.807, 2.05) is 0 Å². The summed E-state index contributed by atoms with van der Waals surface area (Å²) in [6, 6.07) is 8.35. The number of hydrogen-bond donors (Lipinski definition) is 2. The van der Waals surface area contributed by atoms with Gasteiger partial charge in [0.05, 0.1) is 39.0 Å². The van der Waals surface area contributed by atoms with Crippen LogP contribution in [0.3, 0.4) is 0 Å². The molecule has 17 nitrogen and oxygen atoms in total. The standard InChI is InChI=1S/C29H29N5O12/c1-15-21(14-31(3)13-12-30-29(40)46-27(38)18-6-10-20(11-7-18)34(43)44)24(32-23(15)22(16(2)35)25(32)36)28(39)45-26(37)17-4-8-19(9-5-17)33(41)42/h4-11,15-16,22-23,35H,12-14H2,1-3H3,(H,30,40)/t15-,16+,22+,23+/m0/s1. The number of hydrogen-bond acceptors (Lipinski definition) is 13. The number of nitrogens with zero attached hydrogens (tertiary/aromatic N) is 4. The van der Waals surface area contributed by atoms with Crippen LogP contribution in [-0.2, 0) is 19.1 Å². The molecule has 242 valence electrons. The predicted molar refractivity (Wildman–Crippen MR) is 155 cm³/mol. The topological polar surface area (TPSA) is 229 Å². The summed E-state index contributed by atoms with van der Waals surface area (Å²) in [5.41, 5.74) is -0.399. The van der Waals surface area contributed by atoms with Crippen LogP contribution in [0.25, 0.3) is 0 Å². The number of likely N-dealkylation sites (N-methyl/N-ethyl adjacent to an activating group) is 1. The number of carbonyl (C=O) groups excluding carboxylic acids is 5. The fourth-order valence-electron chi connectivity index (χ4n) is 5.37. The van der Waals surface area contributed by atoms with Gasteiger partial charge in [0, 0.05) is 49.8 Å². The van der Waals surface area contributed by atoms with E-state index in [4.69, 9.17) is 9.47 Å². The summed E-state index contributed by atoms with van der Waals surface area (Å²) in [4.78, 5) is 86.5. The van der Waals surface area contributed by atoms with Crippen molar-refractivity contribution in [3.63, 3.8) is 0 Å². The first-order valence-corrected chi connectivity index (χ1v) is 13.9. The fraction of sp³-hybridized carbons (Fsp3) is 0.345. The summed E-state index contributed by atoms with van der Waals surface area (Å²) in [6.45, 7) is 3.48. The molecule has 0 aromatic heterocycles. The van der Waals surface area contributed by atoms with Gasteiger partial charge >= 0.3 is 24.0 Å². The SMILES string of the molecule is C[C@@H](O)[C@H]1C(=O)N2C(C(=O)OC(=O)c3ccc([N+](=O)[O-])cc3)=C(CN(C)CCNC(=O)OC(=O)c3ccc([N+](=O)[O-])cc3)[C@H](C)[C@H]12. The van der Waals surface area contributed by atoms with Crippen molar-refractivity contribution in [2.75, 3.05) is 26.7 Å². The zero-order valence-corrected chi connectivity index (χ0v) is 24.8. The van der Waals surface area contributed by atoms with Gasteiger partial charge in [-0.2, -0.15) is 0 Å². The zero-order valence-electron chi connectivity index (χ0n) is 24.8. The number of alkyl carbamates (subject to hydrolysis) is 1. The van der Waals surface area contributed by atoms with E-state index in [1.165, 1.54) is 11.8 Å². The molecule has 0 spiro atoms. The lowest BCUT2D eigenvalue weighted by molar-refractivity contribution is -0.385. The summed E-state index contributed by atoms with van der Waals surface area (Å²) in [7, 11) is 1.66. The van der Waals surface area contributed by atoms with Crippen LogP contribution < -0.4 is 5.32 Å². The van der Waals surface area contributed by atoms with E-state index in [2.05, 4.69) is 5.32 Å². The van der Waals surface area contributed by atoms with Crippen LogP contribution in [0.2, 0.25) is 0 Å². The third-order valence-corrected chi connectivity index (χ3v) is 7.71. The quantitative estimate of drug-likeness (QED) is 0.118. The highest BCUT2D eigenvalue weighted by Gasteiger charge is 2.60. The molecule has 4 atom stereocenters. The smallest absolute Gasteiger partial charge is 0.393 e. The lowest BCUT2D eigenvalue weighted by atomic mass is 9.77. The van der Waals surface area contributed by atoms with Crippen LogP contribution in [0.5, 0.6) is 0 Å². The van der Waals surface area contributed by atoms with Gasteiger partial charge in [-0.3, -0.25) is 25.0 Å². The molecule has 0 radical (unpaired) electrons. The molecule has 4 rings (SSSR count). The number of benzene rings is 2. The number of nitro groups is 2. The number of non-ortho nitro benzene ring substituents is 2. The monoisotopic (exact) mass is 639 g/mol. The van der Waals surface area contributed by atoms with Gasteiger partial charge in [-0.15, -0.1) is 0 Å². The Morgan fingerprint density at radius 2 is 1.43 bits per heavy atom. The van der Waals surface area contributed by atoms with Gasteiger partial charge in [0.1, 0.15) is 5.70 Å². The van der Waals surface area contributed by atoms with Crippen molar-refractivity contribution in [1.82, 2.24) is 15.1 Å². The Hall–Kier alpha value is -5.55. The minimum absolute atomic E-state index is 0.00861. The predicted octanol–water partition coefficient (Wildman–Crippen LogP) is 1.80. The Balaban J connectivity index is 1.40. The number of aliphatic hydroxyl groups is 1. The average Bonchev–Trinajstić information content (AvgIpc) is 3.24. The van der Waals surface area contributed by atoms with Gasteiger partial charge in [0.15, 0.2) is 0 Å².